The molecule has 2 aliphatic rings. The number of carbonyl (C=O) groups excluding carboxylic acids is 1. The van der Waals surface area contributed by atoms with Gasteiger partial charge in [0.1, 0.15) is 11.8 Å². The third-order valence-electron chi connectivity index (χ3n) is 4.72. The van der Waals surface area contributed by atoms with E-state index in [1.807, 2.05) is 53.9 Å². The highest BCUT2D eigenvalue weighted by Gasteiger charge is 2.51. The van der Waals surface area contributed by atoms with Gasteiger partial charge in [-0.25, -0.2) is 9.78 Å². The van der Waals surface area contributed by atoms with Gasteiger partial charge in [0.15, 0.2) is 0 Å². The first-order chi connectivity index (χ1) is 14.6. The zero-order valence-corrected chi connectivity index (χ0v) is 17.3. The van der Waals surface area contributed by atoms with Gasteiger partial charge in [0.25, 0.3) is 5.91 Å². The van der Waals surface area contributed by atoms with E-state index in [-0.39, 0.29) is 16.8 Å². The molecule has 2 saturated heterocycles. The zero-order chi connectivity index (χ0) is 22.6. The molecule has 0 bridgehead atoms. The number of rotatable bonds is 3. The molecule has 2 fully saturated rings. The van der Waals surface area contributed by atoms with Gasteiger partial charge in [-0.2, -0.15) is 13.2 Å². The molecule has 0 aliphatic carbocycles. The molecule has 2 aromatic heterocycles. The van der Waals surface area contributed by atoms with Crippen molar-refractivity contribution in [1.82, 2.24) is 14.9 Å². The lowest BCUT2D eigenvalue weighted by atomic mass is 9.92. The molecule has 0 saturated carbocycles. The molecule has 4 rings (SSSR count). The molecule has 0 radical (unpaired) electrons. The number of ether oxygens (including phenoxy) is 1. The van der Waals surface area contributed by atoms with Crippen LogP contribution < -0.4 is 4.74 Å². The maximum atomic E-state index is 12.5. The first-order valence-corrected chi connectivity index (χ1v) is 10.3. The van der Waals surface area contributed by atoms with E-state index in [0.29, 0.717) is 11.6 Å². The van der Waals surface area contributed by atoms with Gasteiger partial charge in [0.2, 0.25) is 5.88 Å². The quantitative estimate of drug-likeness (QED) is 0.760. The molecular formula is C20H20F3N3O4S. The van der Waals surface area contributed by atoms with Gasteiger partial charge in [-0.05, 0) is 30.7 Å². The molecule has 11 heteroatoms. The van der Waals surface area contributed by atoms with E-state index in [0.717, 1.165) is 30.8 Å². The van der Waals surface area contributed by atoms with Crippen LogP contribution in [-0.2, 0) is 4.79 Å². The monoisotopic (exact) mass is 455 g/mol. The summed E-state index contributed by atoms with van der Waals surface area (Å²) >= 11 is 1.91. The van der Waals surface area contributed by atoms with Crippen LogP contribution in [0.1, 0.15) is 22.5 Å². The van der Waals surface area contributed by atoms with Crippen LogP contribution in [-0.4, -0.2) is 67.7 Å². The van der Waals surface area contributed by atoms with Crippen molar-refractivity contribution >= 4 is 23.6 Å². The number of likely N-dealkylation sites (tertiary alicyclic amines) is 1. The zero-order valence-electron chi connectivity index (χ0n) is 16.5. The van der Waals surface area contributed by atoms with Gasteiger partial charge in [0.05, 0.1) is 4.75 Å². The van der Waals surface area contributed by atoms with Crippen LogP contribution in [0.2, 0.25) is 0 Å². The maximum absolute atomic E-state index is 12.5. The van der Waals surface area contributed by atoms with Crippen molar-refractivity contribution in [1.29, 1.82) is 0 Å². The number of carboxylic acid groups (broad SMARTS) is 1. The Labute approximate surface area is 180 Å². The normalized spacial score (nSPS) is 19.2. The summed E-state index contributed by atoms with van der Waals surface area (Å²) in [5, 5.41) is 7.12. The highest BCUT2D eigenvalue weighted by atomic mass is 32.2. The Hall–Kier alpha value is -2.82. The van der Waals surface area contributed by atoms with Gasteiger partial charge in [0, 0.05) is 43.7 Å². The number of pyridine rings is 2. The number of hydrogen-bond acceptors (Lipinski definition) is 6. The van der Waals surface area contributed by atoms with Crippen LogP contribution in [0.3, 0.4) is 0 Å². The standard InChI is InChI=1S/C18H19N3O2S.C2HF3O2/c1-13-5-7-19-15(8-13)17(22)21-11-18(12-21)9-14(10-24-18)23-16-4-2-3-6-20-16;3-2(4,5)1(6)7/h2-8,14H,9-12H2,1H3;(H,6,7). The first kappa shape index (κ1) is 22.9. The molecule has 1 spiro atoms. The molecule has 2 aromatic rings. The fraction of sp³-hybridized carbons (Fsp3) is 0.400. The van der Waals surface area contributed by atoms with E-state index in [1.54, 1.807) is 12.4 Å². The van der Waals surface area contributed by atoms with Crippen molar-refractivity contribution in [2.45, 2.75) is 30.4 Å². The molecule has 1 unspecified atom stereocenters. The minimum absolute atomic E-state index is 0.0269. The average Bonchev–Trinajstić information content (AvgIpc) is 3.11. The third kappa shape index (κ3) is 5.87. The molecule has 166 valence electrons. The number of aromatic nitrogens is 2. The highest BCUT2D eigenvalue weighted by Crippen LogP contribution is 2.46. The predicted octanol–water partition coefficient (Wildman–Crippen LogP) is 3.20. The maximum Gasteiger partial charge on any atom is 0.490 e. The summed E-state index contributed by atoms with van der Waals surface area (Å²) in [5.41, 5.74) is 1.59. The fourth-order valence-corrected chi connectivity index (χ4v) is 4.82. The highest BCUT2D eigenvalue weighted by molar-refractivity contribution is 8.01. The Kier molecular flexibility index (Phi) is 6.73. The molecule has 2 aliphatic heterocycles. The van der Waals surface area contributed by atoms with Crippen LogP contribution in [0.25, 0.3) is 0 Å². The largest absolute Gasteiger partial charge is 0.490 e. The number of aliphatic carboxylic acids is 1. The van der Waals surface area contributed by atoms with Crippen molar-refractivity contribution in [2.24, 2.45) is 0 Å². The van der Waals surface area contributed by atoms with Crippen LogP contribution in [0.4, 0.5) is 13.2 Å². The second-order valence-corrected chi connectivity index (χ2v) is 8.78. The number of thioether (sulfide) groups is 1. The van der Waals surface area contributed by atoms with E-state index in [1.165, 1.54) is 0 Å². The number of halogens is 3. The molecule has 1 amide bonds. The molecule has 31 heavy (non-hydrogen) atoms. The van der Waals surface area contributed by atoms with Crippen LogP contribution in [0.15, 0.2) is 42.7 Å². The lowest BCUT2D eigenvalue weighted by molar-refractivity contribution is -0.192. The van der Waals surface area contributed by atoms with Crippen molar-refractivity contribution in [3.8, 4) is 5.88 Å². The van der Waals surface area contributed by atoms with Crippen LogP contribution in [0.5, 0.6) is 5.88 Å². The Morgan fingerprint density at radius 2 is 1.94 bits per heavy atom. The number of hydrogen-bond donors (Lipinski definition) is 1. The van der Waals surface area contributed by atoms with E-state index in [2.05, 4.69) is 9.97 Å². The van der Waals surface area contributed by atoms with Gasteiger partial charge in [-0.1, -0.05) is 6.07 Å². The van der Waals surface area contributed by atoms with Crippen LogP contribution >= 0.6 is 11.8 Å². The second-order valence-electron chi connectivity index (χ2n) is 7.29. The summed E-state index contributed by atoms with van der Waals surface area (Å²) in [7, 11) is 0. The molecule has 7 nitrogen and oxygen atoms in total. The van der Waals surface area contributed by atoms with Gasteiger partial charge < -0.3 is 14.7 Å². The Morgan fingerprint density at radius 3 is 2.52 bits per heavy atom. The van der Waals surface area contributed by atoms with Gasteiger partial charge >= 0.3 is 12.1 Å². The van der Waals surface area contributed by atoms with Crippen molar-refractivity contribution < 1.29 is 32.6 Å². The minimum Gasteiger partial charge on any atom is -0.475 e. The number of aryl methyl sites for hydroxylation is 1. The number of amides is 1. The number of nitrogens with zero attached hydrogens (tertiary/aromatic N) is 3. The molecular weight excluding hydrogens is 435 g/mol. The molecule has 1 atom stereocenters. The third-order valence-corrected chi connectivity index (χ3v) is 6.30. The minimum atomic E-state index is -5.08. The topological polar surface area (TPSA) is 92.6 Å². The van der Waals surface area contributed by atoms with E-state index in [4.69, 9.17) is 14.6 Å². The van der Waals surface area contributed by atoms with Crippen LogP contribution in [0, 0.1) is 6.92 Å². The Bertz CT molecular complexity index is 937. The summed E-state index contributed by atoms with van der Waals surface area (Å²) in [5.74, 6) is -1.11. The summed E-state index contributed by atoms with van der Waals surface area (Å²) in [6.07, 6.45) is -0.524. The summed E-state index contributed by atoms with van der Waals surface area (Å²) in [6.45, 7) is 3.52. The average molecular weight is 455 g/mol. The Morgan fingerprint density at radius 1 is 1.23 bits per heavy atom. The molecule has 4 heterocycles. The number of alkyl halides is 3. The summed E-state index contributed by atoms with van der Waals surface area (Å²) < 4.78 is 37.8. The van der Waals surface area contributed by atoms with Crippen molar-refractivity contribution in [2.75, 3.05) is 18.8 Å². The summed E-state index contributed by atoms with van der Waals surface area (Å²) in [6, 6.07) is 9.45. The SMILES string of the molecule is Cc1ccnc(C(=O)N2CC3(CC(Oc4ccccn4)CS3)C2)c1.O=C(O)C(F)(F)F. The van der Waals surface area contributed by atoms with Gasteiger partial charge in [-0.15, -0.1) is 11.8 Å². The predicted molar refractivity (Wildman–Crippen MR) is 107 cm³/mol. The summed E-state index contributed by atoms with van der Waals surface area (Å²) in [4.78, 5) is 31.7. The lowest BCUT2D eigenvalue weighted by Gasteiger charge is -2.47. The van der Waals surface area contributed by atoms with E-state index in [9.17, 15) is 18.0 Å². The molecule has 0 aromatic carbocycles. The second kappa shape index (κ2) is 9.13. The van der Waals surface area contributed by atoms with Crippen molar-refractivity contribution in [3.63, 3.8) is 0 Å². The fourth-order valence-electron chi connectivity index (χ4n) is 3.29. The van der Waals surface area contributed by atoms with E-state index >= 15 is 0 Å². The smallest absolute Gasteiger partial charge is 0.475 e. The lowest BCUT2D eigenvalue weighted by Crippen LogP contribution is -2.61. The van der Waals surface area contributed by atoms with E-state index < -0.39 is 12.1 Å². The number of carbonyl (C=O) groups is 2. The Balaban J connectivity index is 0.000000339. The molecule has 1 N–H and O–H groups in total. The van der Waals surface area contributed by atoms with Gasteiger partial charge in [-0.3, -0.25) is 9.78 Å². The first-order valence-electron chi connectivity index (χ1n) is 9.32. The number of carboxylic acids is 1. The van der Waals surface area contributed by atoms with Crippen molar-refractivity contribution in [3.05, 3.63) is 54.0 Å².